The van der Waals surface area contributed by atoms with Crippen LogP contribution in [0.15, 0.2) is 0 Å². The van der Waals surface area contributed by atoms with Gasteiger partial charge in [-0.15, -0.1) is 0 Å². The van der Waals surface area contributed by atoms with Gasteiger partial charge in [0.15, 0.2) is 6.67 Å². The van der Waals surface area contributed by atoms with Gasteiger partial charge in [-0.25, -0.2) is 4.79 Å². The Morgan fingerprint density at radius 1 is 1.55 bits per heavy atom. The highest BCUT2D eigenvalue weighted by Crippen LogP contribution is 1.91. The summed E-state index contributed by atoms with van der Waals surface area (Å²) in [6, 6.07) is 0. The summed E-state index contributed by atoms with van der Waals surface area (Å²) in [6.45, 7) is 0.921. The van der Waals surface area contributed by atoms with Gasteiger partial charge in [0, 0.05) is 0 Å². The fourth-order valence-electron chi connectivity index (χ4n) is 0.631. The lowest BCUT2D eigenvalue weighted by Gasteiger charge is -2.28. The maximum atomic E-state index is 10.1. The van der Waals surface area contributed by atoms with Crippen molar-refractivity contribution in [2.75, 3.05) is 33.9 Å². The number of carbonyl (C=O) groups is 1. The van der Waals surface area contributed by atoms with Crippen LogP contribution in [0.4, 0.5) is 4.79 Å². The summed E-state index contributed by atoms with van der Waals surface area (Å²) >= 11 is 0. The number of nitrogens with one attached hydrogen (secondary N) is 1. The van der Waals surface area contributed by atoms with Crippen LogP contribution >= 0.6 is 0 Å². The highest BCUT2D eigenvalue weighted by Gasteiger charge is 2.13. The average molecular weight is 163 g/mol. The second-order valence-corrected chi connectivity index (χ2v) is 3.02. The molecule has 0 saturated carbocycles. The van der Waals surface area contributed by atoms with Gasteiger partial charge in [0.25, 0.3) is 0 Å². The van der Waals surface area contributed by atoms with E-state index in [1.807, 2.05) is 14.1 Å². The first-order valence-electron chi connectivity index (χ1n) is 3.37. The highest BCUT2D eigenvalue weighted by atomic mass is 16.4. The van der Waals surface area contributed by atoms with Gasteiger partial charge in [-0.2, -0.15) is 0 Å². The van der Waals surface area contributed by atoms with Crippen molar-refractivity contribution < 1.29 is 19.5 Å². The first-order valence-corrected chi connectivity index (χ1v) is 3.37. The average Bonchev–Trinajstić information content (AvgIpc) is 1.84. The number of quaternary nitrogens is 1. The van der Waals surface area contributed by atoms with Crippen molar-refractivity contribution in [3.8, 4) is 0 Å². The number of carboxylic acid groups (broad SMARTS) is 1. The number of amides is 1. The molecule has 0 bridgehead atoms. The Bertz CT molecular complexity index is 136. The smallest absolute Gasteiger partial charge is 0.408 e. The van der Waals surface area contributed by atoms with Gasteiger partial charge in [0.05, 0.1) is 20.7 Å². The van der Waals surface area contributed by atoms with E-state index in [2.05, 4.69) is 5.32 Å². The number of likely N-dealkylation sites (N-methyl/N-ethyl adjacent to an activating group) is 1. The molecular formula is C6H15N2O3+. The molecule has 0 heterocycles. The van der Waals surface area contributed by atoms with E-state index in [-0.39, 0.29) is 6.61 Å². The summed E-state index contributed by atoms with van der Waals surface area (Å²) in [5.41, 5.74) is 0. The lowest BCUT2D eigenvalue weighted by Crippen LogP contribution is -2.49. The predicted octanol–water partition coefficient (Wildman–Crippen LogP) is -0.720. The van der Waals surface area contributed by atoms with Gasteiger partial charge in [0.1, 0.15) is 6.54 Å². The standard InChI is InChI=1S/C6H14N2O3/c1-8(2,3-4-9)5-7-6(10)11/h7,9H,3-5H2,1-2H3/p+1. The number of aliphatic hydroxyl groups is 1. The Morgan fingerprint density at radius 3 is 2.45 bits per heavy atom. The van der Waals surface area contributed by atoms with Crippen LogP contribution in [0.2, 0.25) is 0 Å². The van der Waals surface area contributed by atoms with Crippen molar-refractivity contribution in [3.63, 3.8) is 0 Å². The van der Waals surface area contributed by atoms with E-state index >= 15 is 0 Å². The molecule has 0 aliphatic heterocycles. The third-order valence-corrected chi connectivity index (χ3v) is 1.36. The molecule has 11 heavy (non-hydrogen) atoms. The molecule has 3 N–H and O–H groups in total. The molecule has 5 nitrogen and oxygen atoms in total. The van der Waals surface area contributed by atoms with E-state index < -0.39 is 6.09 Å². The fourth-order valence-corrected chi connectivity index (χ4v) is 0.631. The van der Waals surface area contributed by atoms with Gasteiger partial charge >= 0.3 is 6.09 Å². The molecule has 0 aromatic heterocycles. The van der Waals surface area contributed by atoms with Crippen LogP contribution in [-0.2, 0) is 0 Å². The second kappa shape index (κ2) is 4.15. The molecular weight excluding hydrogens is 148 g/mol. The van der Waals surface area contributed by atoms with E-state index in [4.69, 9.17) is 10.2 Å². The zero-order chi connectivity index (χ0) is 8.91. The fraction of sp³-hybridized carbons (Fsp3) is 0.833. The molecule has 66 valence electrons. The maximum Gasteiger partial charge on any atom is 0.408 e. The van der Waals surface area contributed by atoms with Crippen LogP contribution in [0, 0.1) is 0 Å². The molecule has 0 unspecified atom stereocenters. The van der Waals surface area contributed by atoms with Gasteiger partial charge in [-0.1, -0.05) is 0 Å². The minimum absolute atomic E-state index is 0.0638. The highest BCUT2D eigenvalue weighted by molar-refractivity contribution is 5.64. The van der Waals surface area contributed by atoms with Gasteiger partial charge in [-0.3, -0.25) is 5.32 Å². The largest absolute Gasteiger partial charge is 0.465 e. The number of rotatable bonds is 4. The molecule has 0 aromatic carbocycles. The molecule has 0 aliphatic rings. The normalized spacial score (nSPS) is 11.2. The van der Waals surface area contributed by atoms with E-state index in [0.29, 0.717) is 17.7 Å². The summed E-state index contributed by atoms with van der Waals surface area (Å²) in [6.07, 6.45) is -1.03. The van der Waals surface area contributed by atoms with Crippen molar-refractivity contribution in [1.82, 2.24) is 5.32 Å². The number of aliphatic hydroxyl groups excluding tert-OH is 1. The molecule has 0 spiro atoms. The molecule has 0 fully saturated rings. The van der Waals surface area contributed by atoms with E-state index in [1.165, 1.54) is 0 Å². The zero-order valence-corrected chi connectivity index (χ0v) is 6.87. The van der Waals surface area contributed by atoms with Crippen LogP contribution in [0.1, 0.15) is 0 Å². The van der Waals surface area contributed by atoms with Gasteiger partial charge in [0.2, 0.25) is 0 Å². The monoisotopic (exact) mass is 163 g/mol. The molecule has 0 rings (SSSR count). The molecule has 0 saturated heterocycles. The topological polar surface area (TPSA) is 69.6 Å². The quantitative estimate of drug-likeness (QED) is 0.378. The van der Waals surface area contributed by atoms with Crippen LogP contribution < -0.4 is 5.32 Å². The van der Waals surface area contributed by atoms with Crippen LogP contribution in [0.5, 0.6) is 0 Å². The third kappa shape index (κ3) is 5.63. The molecule has 0 aromatic rings. The lowest BCUT2D eigenvalue weighted by atomic mass is 10.5. The molecule has 0 atom stereocenters. The Hall–Kier alpha value is -0.810. The summed E-state index contributed by atoms with van der Waals surface area (Å²) in [5.74, 6) is 0. The predicted molar refractivity (Wildman–Crippen MR) is 40.1 cm³/mol. The first kappa shape index (κ1) is 10.2. The van der Waals surface area contributed by atoms with Crippen LogP contribution in [-0.4, -0.2) is 54.7 Å². The molecule has 1 amide bonds. The van der Waals surface area contributed by atoms with Crippen LogP contribution in [0.3, 0.4) is 0 Å². The van der Waals surface area contributed by atoms with Gasteiger partial charge < -0.3 is 14.7 Å². The molecule has 5 heteroatoms. The summed E-state index contributed by atoms with van der Waals surface area (Å²) in [4.78, 5) is 10.1. The third-order valence-electron chi connectivity index (χ3n) is 1.36. The van der Waals surface area contributed by atoms with Crippen molar-refractivity contribution in [3.05, 3.63) is 0 Å². The zero-order valence-electron chi connectivity index (χ0n) is 6.87. The van der Waals surface area contributed by atoms with Gasteiger partial charge in [-0.05, 0) is 0 Å². The number of nitrogens with zero attached hydrogens (tertiary/aromatic N) is 1. The van der Waals surface area contributed by atoms with Crippen molar-refractivity contribution in [2.45, 2.75) is 0 Å². The summed E-state index contributed by atoms with van der Waals surface area (Å²) in [7, 11) is 3.68. The van der Waals surface area contributed by atoms with Crippen molar-refractivity contribution in [2.24, 2.45) is 0 Å². The minimum atomic E-state index is -1.03. The second-order valence-electron chi connectivity index (χ2n) is 3.02. The SMILES string of the molecule is C[N+](C)(CCO)CNC(=O)O. The van der Waals surface area contributed by atoms with Crippen LogP contribution in [0.25, 0.3) is 0 Å². The Kier molecular flexibility index (Phi) is 3.84. The van der Waals surface area contributed by atoms with E-state index in [1.54, 1.807) is 0 Å². The minimum Gasteiger partial charge on any atom is -0.465 e. The molecule has 0 radical (unpaired) electrons. The number of hydrogen-bond acceptors (Lipinski definition) is 2. The summed E-state index contributed by atoms with van der Waals surface area (Å²) < 4.78 is 0.447. The number of hydrogen-bond donors (Lipinski definition) is 3. The van der Waals surface area contributed by atoms with Crippen molar-refractivity contribution >= 4 is 6.09 Å². The molecule has 0 aliphatic carbocycles. The van der Waals surface area contributed by atoms with E-state index in [0.717, 1.165) is 0 Å². The Morgan fingerprint density at radius 2 is 2.09 bits per heavy atom. The van der Waals surface area contributed by atoms with E-state index in [9.17, 15) is 4.79 Å². The lowest BCUT2D eigenvalue weighted by molar-refractivity contribution is -0.892. The maximum absolute atomic E-state index is 10.1. The Labute approximate surface area is 65.8 Å². The Balaban J connectivity index is 3.63. The van der Waals surface area contributed by atoms with Crippen molar-refractivity contribution in [1.29, 1.82) is 0 Å². The first-order chi connectivity index (χ1) is 4.98. The summed E-state index contributed by atoms with van der Waals surface area (Å²) in [5, 5.41) is 19.1.